The van der Waals surface area contributed by atoms with Crippen molar-refractivity contribution in [2.45, 2.75) is 32.9 Å². The summed E-state index contributed by atoms with van der Waals surface area (Å²) in [5.41, 5.74) is 1.32. The Balaban J connectivity index is 1.73. The van der Waals surface area contributed by atoms with Crippen LogP contribution in [-0.2, 0) is 13.0 Å². The molecule has 0 amide bonds. The first kappa shape index (κ1) is 17.0. The number of rotatable bonds is 6. The minimum Gasteiger partial charge on any atom is -0.304 e. The number of hydrogen-bond donors (Lipinski definition) is 0. The molecular formula is C18H28N6. The molecule has 6 heteroatoms. The minimum atomic E-state index is 0.282. The molecule has 2 heterocycles. The van der Waals surface area contributed by atoms with Crippen molar-refractivity contribution < 1.29 is 0 Å². The Labute approximate surface area is 144 Å². The molecule has 0 N–H and O–H groups in total. The highest BCUT2D eigenvalue weighted by molar-refractivity contribution is 5.14. The third-order valence-corrected chi connectivity index (χ3v) is 4.84. The third-order valence-electron chi connectivity index (χ3n) is 4.84. The van der Waals surface area contributed by atoms with E-state index in [1.54, 1.807) is 0 Å². The highest BCUT2D eigenvalue weighted by Crippen LogP contribution is 2.27. The molecule has 1 aliphatic heterocycles. The van der Waals surface area contributed by atoms with Crippen molar-refractivity contribution in [3.05, 3.63) is 41.7 Å². The minimum absolute atomic E-state index is 0.282. The predicted octanol–water partition coefficient (Wildman–Crippen LogP) is 1.86. The Morgan fingerprint density at radius 3 is 2.42 bits per heavy atom. The summed E-state index contributed by atoms with van der Waals surface area (Å²) in [5.74, 6) is 1.49. The van der Waals surface area contributed by atoms with Crippen molar-refractivity contribution in [1.29, 1.82) is 0 Å². The molecule has 3 rings (SSSR count). The zero-order valence-electron chi connectivity index (χ0n) is 15.0. The Hall–Kier alpha value is -1.79. The molecule has 1 saturated heterocycles. The van der Waals surface area contributed by atoms with Crippen LogP contribution in [-0.4, -0.2) is 63.2 Å². The maximum atomic E-state index is 4.39. The number of benzene rings is 1. The molecule has 0 unspecified atom stereocenters. The van der Waals surface area contributed by atoms with E-state index in [1.165, 1.54) is 5.56 Å². The summed E-state index contributed by atoms with van der Waals surface area (Å²) < 4.78 is 2.00. The van der Waals surface area contributed by atoms with Crippen molar-refractivity contribution in [2.75, 3.05) is 33.2 Å². The standard InChI is InChI=1S/C18H28N6/c1-15(2)17(23-13-11-22(3)12-14-23)18-19-20-21-24(18)10-9-16-7-5-4-6-8-16/h4-8,15,17H,9-14H2,1-3H3/t17-/m1/s1. The lowest BCUT2D eigenvalue weighted by Gasteiger charge is -2.39. The van der Waals surface area contributed by atoms with Crippen molar-refractivity contribution in [2.24, 2.45) is 5.92 Å². The summed E-state index contributed by atoms with van der Waals surface area (Å²) in [6.45, 7) is 9.71. The van der Waals surface area contributed by atoms with Gasteiger partial charge in [-0.25, -0.2) is 4.68 Å². The van der Waals surface area contributed by atoms with Crippen LogP contribution in [0.4, 0.5) is 0 Å². The van der Waals surface area contributed by atoms with E-state index in [2.05, 4.69) is 70.5 Å². The number of aryl methyl sites for hydroxylation is 2. The molecule has 1 aromatic heterocycles. The monoisotopic (exact) mass is 328 g/mol. The SMILES string of the molecule is CC(C)[C@H](c1nnnn1CCc1ccccc1)N1CCN(C)CC1. The molecule has 1 aromatic carbocycles. The van der Waals surface area contributed by atoms with Crippen molar-refractivity contribution >= 4 is 0 Å². The average molecular weight is 328 g/mol. The fourth-order valence-corrected chi connectivity index (χ4v) is 3.45. The maximum absolute atomic E-state index is 4.39. The van der Waals surface area contributed by atoms with Gasteiger partial charge >= 0.3 is 0 Å². The van der Waals surface area contributed by atoms with E-state index in [-0.39, 0.29) is 6.04 Å². The topological polar surface area (TPSA) is 50.1 Å². The molecule has 0 saturated carbocycles. The van der Waals surface area contributed by atoms with Gasteiger partial charge in [-0.3, -0.25) is 4.90 Å². The van der Waals surface area contributed by atoms with Crippen molar-refractivity contribution in [3.8, 4) is 0 Å². The van der Waals surface area contributed by atoms with Crippen LogP contribution in [0, 0.1) is 5.92 Å². The second-order valence-corrected chi connectivity index (χ2v) is 7.02. The van der Waals surface area contributed by atoms with Gasteiger partial charge in [0, 0.05) is 32.7 Å². The highest BCUT2D eigenvalue weighted by Gasteiger charge is 2.30. The van der Waals surface area contributed by atoms with E-state index in [1.807, 2.05) is 10.7 Å². The summed E-state index contributed by atoms with van der Waals surface area (Å²) in [5, 5.41) is 12.6. The smallest absolute Gasteiger partial charge is 0.168 e. The van der Waals surface area contributed by atoms with Gasteiger partial charge in [-0.1, -0.05) is 44.2 Å². The lowest BCUT2D eigenvalue weighted by Crippen LogP contribution is -2.47. The number of piperazine rings is 1. The molecule has 0 aliphatic carbocycles. The molecule has 6 nitrogen and oxygen atoms in total. The maximum Gasteiger partial charge on any atom is 0.168 e. The summed E-state index contributed by atoms with van der Waals surface area (Å²) in [4.78, 5) is 4.92. The van der Waals surface area contributed by atoms with E-state index in [0.29, 0.717) is 5.92 Å². The molecule has 2 aromatic rings. The fraction of sp³-hybridized carbons (Fsp3) is 0.611. The summed E-state index contributed by atoms with van der Waals surface area (Å²) in [6, 6.07) is 10.8. The molecule has 0 radical (unpaired) electrons. The average Bonchev–Trinajstić information content (AvgIpc) is 3.04. The van der Waals surface area contributed by atoms with Gasteiger partial charge in [0.15, 0.2) is 5.82 Å². The van der Waals surface area contributed by atoms with Crippen LogP contribution in [0.1, 0.15) is 31.3 Å². The van der Waals surface area contributed by atoms with Gasteiger partial charge in [-0.05, 0) is 35.4 Å². The number of hydrogen-bond acceptors (Lipinski definition) is 5. The van der Waals surface area contributed by atoms with Crippen molar-refractivity contribution in [1.82, 2.24) is 30.0 Å². The molecule has 0 bridgehead atoms. The lowest BCUT2D eigenvalue weighted by atomic mass is 10.0. The Kier molecular flexibility index (Phi) is 5.58. The largest absolute Gasteiger partial charge is 0.304 e. The van der Waals surface area contributed by atoms with Gasteiger partial charge in [0.2, 0.25) is 0 Å². The van der Waals surface area contributed by atoms with E-state index in [4.69, 9.17) is 0 Å². The van der Waals surface area contributed by atoms with Gasteiger partial charge < -0.3 is 4.90 Å². The van der Waals surface area contributed by atoms with Crippen LogP contribution >= 0.6 is 0 Å². The Bertz CT molecular complexity index is 615. The molecule has 0 spiro atoms. The van der Waals surface area contributed by atoms with Crippen LogP contribution in [0.3, 0.4) is 0 Å². The van der Waals surface area contributed by atoms with Crippen LogP contribution in [0.15, 0.2) is 30.3 Å². The first-order valence-corrected chi connectivity index (χ1v) is 8.87. The van der Waals surface area contributed by atoms with E-state index >= 15 is 0 Å². The highest BCUT2D eigenvalue weighted by atomic mass is 15.6. The molecule has 1 fully saturated rings. The molecule has 1 aliphatic rings. The van der Waals surface area contributed by atoms with E-state index in [0.717, 1.165) is 45.0 Å². The second-order valence-electron chi connectivity index (χ2n) is 7.02. The van der Waals surface area contributed by atoms with Gasteiger partial charge in [0.25, 0.3) is 0 Å². The quantitative estimate of drug-likeness (QED) is 0.810. The first-order valence-electron chi connectivity index (χ1n) is 8.87. The zero-order valence-corrected chi connectivity index (χ0v) is 15.0. The summed E-state index contributed by atoms with van der Waals surface area (Å²) in [7, 11) is 2.19. The predicted molar refractivity (Wildman–Crippen MR) is 94.6 cm³/mol. The van der Waals surface area contributed by atoms with Crippen LogP contribution in [0.2, 0.25) is 0 Å². The Morgan fingerprint density at radius 2 is 1.75 bits per heavy atom. The normalized spacial score (nSPS) is 18.2. The lowest BCUT2D eigenvalue weighted by molar-refractivity contribution is 0.0809. The summed E-state index contributed by atoms with van der Waals surface area (Å²) >= 11 is 0. The first-order chi connectivity index (χ1) is 11.6. The van der Waals surface area contributed by atoms with Crippen LogP contribution < -0.4 is 0 Å². The number of likely N-dealkylation sites (N-methyl/N-ethyl adjacent to an activating group) is 1. The van der Waals surface area contributed by atoms with E-state index < -0.39 is 0 Å². The van der Waals surface area contributed by atoms with Crippen LogP contribution in [0.25, 0.3) is 0 Å². The second kappa shape index (κ2) is 7.85. The third kappa shape index (κ3) is 3.99. The Morgan fingerprint density at radius 1 is 1.04 bits per heavy atom. The number of tetrazole rings is 1. The van der Waals surface area contributed by atoms with Gasteiger partial charge in [0.1, 0.15) is 0 Å². The molecule has 1 atom stereocenters. The van der Waals surface area contributed by atoms with Gasteiger partial charge in [0.05, 0.1) is 6.04 Å². The summed E-state index contributed by atoms with van der Waals surface area (Å²) in [6.07, 6.45) is 0.951. The van der Waals surface area contributed by atoms with Gasteiger partial charge in [-0.15, -0.1) is 5.10 Å². The van der Waals surface area contributed by atoms with Crippen molar-refractivity contribution in [3.63, 3.8) is 0 Å². The molecule has 130 valence electrons. The number of nitrogens with zero attached hydrogens (tertiary/aromatic N) is 6. The fourth-order valence-electron chi connectivity index (χ4n) is 3.45. The molecule has 24 heavy (non-hydrogen) atoms. The van der Waals surface area contributed by atoms with Crippen LogP contribution in [0.5, 0.6) is 0 Å². The molecular weight excluding hydrogens is 300 g/mol. The number of aromatic nitrogens is 4. The van der Waals surface area contributed by atoms with Gasteiger partial charge in [-0.2, -0.15) is 0 Å². The van der Waals surface area contributed by atoms with E-state index in [9.17, 15) is 0 Å². The zero-order chi connectivity index (χ0) is 16.9.